The van der Waals surface area contributed by atoms with Crippen LogP contribution < -0.4 is 0 Å². The Hall–Kier alpha value is -0.930. The number of aromatic nitrogens is 1. The van der Waals surface area contributed by atoms with Crippen molar-refractivity contribution in [1.29, 1.82) is 0 Å². The lowest BCUT2D eigenvalue weighted by Crippen LogP contribution is -2.22. The molecule has 2 heterocycles. The average molecular weight is 260 g/mol. The Bertz CT molecular complexity index is 436. The number of aryl methyl sites for hydroxylation is 1. The monoisotopic (exact) mass is 260 g/mol. The Balaban J connectivity index is 1.83. The summed E-state index contributed by atoms with van der Waals surface area (Å²) in [5, 5.41) is 0. The van der Waals surface area contributed by atoms with Crippen LogP contribution in [0.3, 0.4) is 0 Å². The Morgan fingerprint density at radius 2 is 2.16 bits per heavy atom. The van der Waals surface area contributed by atoms with Crippen molar-refractivity contribution in [3.05, 3.63) is 29.1 Å². The highest BCUT2D eigenvalue weighted by Crippen LogP contribution is 2.31. The summed E-state index contributed by atoms with van der Waals surface area (Å²) in [6.45, 7) is 4.94. The summed E-state index contributed by atoms with van der Waals surface area (Å²) in [6, 6.07) is 5.27. The molecule has 1 aliphatic carbocycles. The first-order valence-electron chi connectivity index (χ1n) is 7.54. The number of hydrogen-bond donors (Lipinski definition) is 0. The average Bonchev–Trinajstić information content (AvgIpc) is 3.15. The number of rotatable bonds is 5. The van der Waals surface area contributed by atoms with E-state index >= 15 is 0 Å². The molecule has 2 fully saturated rings. The van der Waals surface area contributed by atoms with E-state index in [0.29, 0.717) is 5.92 Å². The maximum atomic E-state index is 5.55. The molecule has 0 N–H and O–H groups in total. The zero-order chi connectivity index (χ0) is 13.2. The third kappa shape index (κ3) is 2.98. The molecule has 0 spiro atoms. The van der Waals surface area contributed by atoms with Crippen LogP contribution >= 0.6 is 0 Å². The predicted octanol–water partition coefficient (Wildman–Crippen LogP) is 2.74. The van der Waals surface area contributed by atoms with Crippen LogP contribution in [0.25, 0.3) is 0 Å². The molecule has 0 radical (unpaired) electrons. The maximum Gasteiger partial charge on any atom is 0.0582 e. The van der Waals surface area contributed by atoms with Gasteiger partial charge in [-0.15, -0.1) is 0 Å². The van der Waals surface area contributed by atoms with Crippen LogP contribution in [-0.4, -0.2) is 36.2 Å². The van der Waals surface area contributed by atoms with E-state index in [-0.39, 0.29) is 0 Å². The first-order valence-corrected chi connectivity index (χ1v) is 7.54. The van der Waals surface area contributed by atoms with E-state index in [4.69, 9.17) is 9.72 Å². The van der Waals surface area contributed by atoms with Crippen LogP contribution in [0, 0.1) is 0 Å². The summed E-state index contributed by atoms with van der Waals surface area (Å²) in [6.07, 6.45) is 4.87. The number of pyridine rings is 1. The lowest BCUT2D eigenvalue weighted by molar-refractivity contribution is 0.193. The molecule has 104 valence electrons. The molecule has 0 aromatic carbocycles. The van der Waals surface area contributed by atoms with Crippen LogP contribution in [0.1, 0.15) is 49.1 Å². The zero-order valence-electron chi connectivity index (χ0n) is 12.1. The summed E-state index contributed by atoms with van der Waals surface area (Å²) in [5.74, 6) is 0.556. The Labute approximate surface area is 116 Å². The third-order valence-corrected chi connectivity index (χ3v) is 4.37. The van der Waals surface area contributed by atoms with Crippen LogP contribution in [-0.2, 0) is 17.7 Å². The quantitative estimate of drug-likeness (QED) is 0.814. The van der Waals surface area contributed by atoms with E-state index in [1.165, 1.54) is 29.8 Å². The third-order valence-electron chi connectivity index (χ3n) is 4.37. The molecule has 1 aliphatic heterocycles. The summed E-state index contributed by atoms with van der Waals surface area (Å²) >= 11 is 0. The van der Waals surface area contributed by atoms with E-state index < -0.39 is 0 Å². The predicted molar refractivity (Wildman–Crippen MR) is 76.3 cm³/mol. The van der Waals surface area contributed by atoms with Gasteiger partial charge in [0.1, 0.15) is 0 Å². The van der Waals surface area contributed by atoms with Gasteiger partial charge in [-0.1, -0.05) is 13.0 Å². The van der Waals surface area contributed by atoms with Gasteiger partial charge in [0.15, 0.2) is 0 Å². The lowest BCUT2D eigenvalue weighted by atomic mass is 9.96. The van der Waals surface area contributed by atoms with Gasteiger partial charge in [-0.3, -0.25) is 9.88 Å². The molecule has 0 amide bonds. The van der Waals surface area contributed by atoms with E-state index in [2.05, 4.69) is 31.0 Å². The normalized spacial score (nSPS) is 23.2. The topological polar surface area (TPSA) is 25.4 Å². The molecular weight excluding hydrogens is 236 g/mol. The Morgan fingerprint density at radius 1 is 1.32 bits per heavy atom. The number of ether oxygens (including phenoxy) is 1. The summed E-state index contributed by atoms with van der Waals surface area (Å²) < 4.78 is 5.55. The van der Waals surface area contributed by atoms with Crippen molar-refractivity contribution in [2.75, 3.05) is 20.3 Å². The molecule has 2 aliphatic rings. The van der Waals surface area contributed by atoms with Gasteiger partial charge in [-0.05, 0) is 44.4 Å². The highest BCUT2D eigenvalue weighted by molar-refractivity contribution is 5.28. The lowest BCUT2D eigenvalue weighted by Gasteiger charge is -2.20. The van der Waals surface area contributed by atoms with Crippen molar-refractivity contribution in [3.63, 3.8) is 0 Å². The molecule has 3 heteroatoms. The van der Waals surface area contributed by atoms with Gasteiger partial charge in [-0.2, -0.15) is 0 Å². The van der Waals surface area contributed by atoms with E-state index in [1.807, 2.05) is 0 Å². The molecule has 0 bridgehead atoms. The molecule has 3 rings (SSSR count). The Kier molecular flexibility index (Phi) is 3.85. The van der Waals surface area contributed by atoms with Crippen molar-refractivity contribution in [3.8, 4) is 0 Å². The van der Waals surface area contributed by atoms with Gasteiger partial charge in [0.05, 0.1) is 12.3 Å². The Morgan fingerprint density at radius 3 is 2.79 bits per heavy atom. The molecule has 1 aromatic rings. The van der Waals surface area contributed by atoms with Crippen LogP contribution in [0.4, 0.5) is 0 Å². The highest BCUT2D eigenvalue weighted by Gasteiger charge is 2.28. The molecular formula is C16H24N2O. The second-order valence-corrected chi connectivity index (χ2v) is 5.90. The van der Waals surface area contributed by atoms with Gasteiger partial charge in [-0.25, -0.2) is 0 Å². The van der Waals surface area contributed by atoms with Gasteiger partial charge < -0.3 is 4.74 Å². The molecule has 1 atom stereocenters. The zero-order valence-corrected chi connectivity index (χ0v) is 12.1. The van der Waals surface area contributed by atoms with Gasteiger partial charge in [0, 0.05) is 30.8 Å². The van der Waals surface area contributed by atoms with E-state index in [0.717, 1.165) is 38.6 Å². The first kappa shape index (κ1) is 13.1. The van der Waals surface area contributed by atoms with Gasteiger partial charge >= 0.3 is 0 Å². The molecule has 19 heavy (non-hydrogen) atoms. The van der Waals surface area contributed by atoms with Crippen LogP contribution in [0.2, 0.25) is 0 Å². The molecule has 1 saturated carbocycles. The largest absolute Gasteiger partial charge is 0.381 e. The molecule has 3 nitrogen and oxygen atoms in total. The maximum absolute atomic E-state index is 5.55. The standard InChI is InChI=1S/C16H24N2O/c1-3-13-4-7-15(12-8-9-19-11-12)16(17-13)10-18(2)14-5-6-14/h4,7,12,14H,3,5-6,8-11H2,1-2H3. The summed E-state index contributed by atoms with van der Waals surface area (Å²) in [5.41, 5.74) is 3.91. The fourth-order valence-electron chi connectivity index (χ4n) is 2.91. The van der Waals surface area contributed by atoms with E-state index in [9.17, 15) is 0 Å². The van der Waals surface area contributed by atoms with Gasteiger partial charge in [0.25, 0.3) is 0 Å². The van der Waals surface area contributed by atoms with E-state index in [1.54, 1.807) is 0 Å². The van der Waals surface area contributed by atoms with Crippen molar-refractivity contribution >= 4 is 0 Å². The minimum Gasteiger partial charge on any atom is -0.381 e. The fourth-order valence-corrected chi connectivity index (χ4v) is 2.91. The minimum atomic E-state index is 0.556. The smallest absolute Gasteiger partial charge is 0.0582 e. The van der Waals surface area contributed by atoms with Crippen LogP contribution in [0.15, 0.2) is 12.1 Å². The number of hydrogen-bond acceptors (Lipinski definition) is 3. The van der Waals surface area contributed by atoms with Crippen molar-refractivity contribution in [2.24, 2.45) is 0 Å². The van der Waals surface area contributed by atoms with Crippen molar-refractivity contribution in [2.45, 2.75) is 51.1 Å². The molecule has 1 saturated heterocycles. The second kappa shape index (κ2) is 5.59. The number of nitrogens with zero attached hydrogens (tertiary/aromatic N) is 2. The van der Waals surface area contributed by atoms with Crippen molar-refractivity contribution in [1.82, 2.24) is 9.88 Å². The fraction of sp³-hybridized carbons (Fsp3) is 0.688. The summed E-state index contributed by atoms with van der Waals surface area (Å²) in [4.78, 5) is 7.35. The molecule has 1 unspecified atom stereocenters. The van der Waals surface area contributed by atoms with Gasteiger partial charge in [0.2, 0.25) is 0 Å². The highest BCUT2D eigenvalue weighted by atomic mass is 16.5. The van der Waals surface area contributed by atoms with Crippen LogP contribution in [0.5, 0.6) is 0 Å². The minimum absolute atomic E-state index is 0.556. The first-order chi connectivity index (χ1) is 9.28. The SMILES string of the molecule is CCc1ccc(C2CCOC2)c(CN(C)C2CC2)n1. The van der Waals surface area contributed by atoms with Crippen molar-refractivity contribution < 1.29 is 4.74 Å². The summed E-state index contributed by atoms with van der Waals surface area (Å²) in [7, 11) is 2.23. The molecule has 1 aromatic heterocycles. The second-order valence-electron chi connectivity index (χ2n) is 5.90.